The summed E-state index contributed by atoms with van der Waals surface area (Å²) in [6.45, 7) is 6.02. The van der Waals surface area contributed by atoms with Crippen LogP contribution < -0.4 is 20.1 Å². The smallest absolute Gasteiger partial charge is 0.229 e. The third-order valence-electron chi connectivity index (χ3n) is 3.01. The highest BCUT2D eigenvalue weighted by molar-refractivity contribution is 6.32. The van der Waals surface area contributed by atoms with Crippen LogP contribution in [0.2, 0.25) is 5.02 Å². The molecule has 0 bridgehead atoms. The molecule has 1 aromatic carbocycles. The van der Waals surface area contributed by atoms with Crippen molar-refractivity contribution in [3.63, 3.8) is 0 Å². The molecule has 124 valence electrons. The van der Waals surface area contributed by atoms with E-state index in [-0.39, 0.29) is 6.04 Å². The summed E-state index contributed by atoms with van der Waals surface area (Å²) in [6.07, 6.45) is 0. The summed E-state index contributed by atoms with van der Waals surface area (Å²) < 4.78 is 10.6. The average Bonchev–Trinajstić information content (AvgIpc) is 2.47. The molecule has 0 fully saturated rings. The molecule has 7 heteroatoms. The Hall–Kier alpha value is -2.21. The molecule has 0 aliphatic carbocycles. The first-order chi connectivity index (χ1) is 10.9. The fraction of sp³-hybridized carbons (Fsp3) is 0.375. The highest BCUT2D eigenvalue weighted by Gasteiger charge is 2.12. The maximum atomic E-state index is 6.12. The van der Waals surface area contributed by atoms with Crippen molar-refractivity contribution in [2.24, 2.45) is 0 Å². The Labute approximate surface area is 141 Å². The zero-order valence-electron chi connectivity index (χ0n) is 13.9. The van der Waals surface area contributed by atoms with Crippen LogP contribution in [0.3, 0.4) is 0 Å². The summed E-state index contributed by atoms with van der Waals surface area (Å²) in [6, 6.07) is 5.61. The van der Waals surface area contributed by atoms with Crippen LogP contribution in [0, 0.1) is 6.92 Å². The highest BCUT2D eigenvalue weighted by atomic mass is 35.5. The van der Waals surface area contributed by atoms with Crippen LogP contribution in [0.1, 0.15) is 19.5 Å². The largest absolute Gasteiger partial charge is 0.495 e. The van der Waals surface area contributed by atoms with Crippen molar-refractivity contribution >= 4 is 29.1 Å². The lowest BCUT2D eigenvalue weighted by Crippen LogP contribution is -2.12. The molecule has 23 heavy (non-hydrogen) atoms. The van der Waals surface area contributed by atoms with Gasteiger partial charge in [-0.05, 0) is 20.8 Å². The number of nitrogens with one attached hydrogen (secondary N) is 2. The van der Waals surface area contributed by atoms with E-state index in [4.69, 9.17) is 21.1 Å². The zero-order valence-corrected chi connectivity index (χ0v) is 14.7. The SMILES string of the molecule is COc1cc(Nc2nc(C)cc(NC(C)C)n2)c(OC)cc1Cl. The number of halogens is 1. The van der Waals surface area contributed by atoms with E-state index in [2.05, 4.69) is 34.4 Å². The van der Waals surface area contributed by atoms with Gasteiger partial charge in [0.15, 0.2) is 0 Å². The first kappa shape index (κ1) is 17.1. The van der Waals surface area contributed by atoms with Crippen LogP contribution in [-0.2, 0) is 0 Å². The van der Waals surface area contributed by atoms with Crippen LogP contribution in [0.15, 0.2) is 18.2 Å². The van der Waals surface area contributed by atoms with Crippen LogP contribution in [0.5, 0.6) is 11.5 Å². The van der Waals surface area contributed by atoms with E-state index >= 15 is 0 Å². The van der Waals surface area contributed by atoms with Gasteiger partial charge >= 0.3 is 0 Å². The van der Waals surface area contributed by atoms with Gasteiger partial charge in [-0.15, -0.1) is 0 Å². The van der Waals surface area contributed by atoms with Crippen LogP contribution in [0.4, 0.5) is 17.5 Å². The van der Waals surface area contributed by atoms with Gasteiger partial charge < -0.3 is 20.1 Å². The molecule has 0 unspecified atom stereocenters. The molecule has 0 spiro atoms. The fourth-order valence-corrected chi connectivity index (χ4v) is 2.30. The van der Waals surface area contributed by atoms with Crippen molar-refractivity contribution in [1.29, 1.82) is 0 Å². The normalized spacial score (nSPS) is 10.6. The molecule has 2 N–H and O–H groups in total. The predicted molar refractivity (Wildman–Crippen MR) is 93.4 cm³/mol. The van der Waals surface area contributed by atoms with Gasteiger partial charge in [-0.3, -0.25) is 0 Å². The van der Waals surface area contributed by atoms with E-state index in [0.717, 1.165) is 11.5 Å². The second-order valence-electron chi connectivity index (χ2n) is 5.33. The molecule has 1 heterocycles. The Morgan fingerprint density at radius 2 is 1.74 bits per heavy atom. The van der Waals surface area contributed by atoms with Gasteiger partial charge in [-0.2, -0.15) is 4.98 Å². The number of aryl methyl sites for hydroxylation is 1. The number of anilines is 3. The van der Waals surface area contributed by atoms with E-state index in [0.29, 0.717) is 28.2 Å². The topological polar surface area (TPSA) is 68.3 Å². The lowest BCUT2D eigenvalue weighted by Gasteiger charge is -2.15. The second kappa shape index (κ2) is 7.37. The van der Waals surface area contributed by atoms with Crippen LogP contribution >= 0.6 is 11.6 Å². The quantitative estimate of drug-likeness (QED) is 0.830. The number of hydrogen-bond donors (Lipinski definition) is 2. The Morgan fingerprint density at radius 1 is 1.04 bits per heavy atom. The molecule has 0 aliphatic rings. The third-order valence-corrected chi connectivity index (χ3v) is 3.31. The molecule has 0 radical (unpaired) electrons. The lowest BCUT2D eigenvalue weighted by molar-refractivity contribution is 0.405. The Bertz CT molecular complexity index is 692. The molecular formula is C16H21ClN4O2. The minimum Gasteiger partial charge on any atom is -0.495 e. The molecule has 1 aromatic heterocycles. The number of ether oxygens (including phenoxy) is 2. The van der Waals surface area contributed by atoms with Crippen molar-refractivity contribution in [3.05, 3.63) is 28.9 Å². The minimum atomic E-state index is 0.280. The summed E-state index contributed by atoms with van der Waals surface area (Å²) in [5, 5.41) is 6.89. The standard InChI is InChI=1S/C16H21ClN4O2/c1-9(2)18-15-6-10(3)19-16(21-15)20-12-8-13(22-4)11(17)7-14(12)23-5/h6-9H,1-5H3,(H2,18,19,20,21). The van der Waals surface area contributed by atoms with Crippen molar-refractivity contribution in [1.82, 2.24) is 9.97 Å². The summed E-state index contributed by atoms with van der Waals surface area (Å²) in [4.78, 5) is 8.86. The molecule has 0 atom stereocenters. The predicted octanol–water partition coefficient (Wildman–Crippen LogP) is 4.02. The van der Waals surface area contributed by atoms with Crippen molar-refractivity contribution in [2.75, 3.05) is 24.9 Å². The maximum Gasteiger partial charge on any atom is 0.229 e. The fourth-order valence-electron chi connectivity index (χ4n) is 2.07. The number of hydrogen-bond acceptors (Lipinski definition) is 6. The number of methoxy groups -OCH3 is 2. The molecular weight excluding hydrogens is 316 g/mol. The first-order valence-corrected chi connectivity index (χ1v) is 7.61. The number of nitrogens with zero attached hydrogens (tertiary/aromatic N) is 2. The van der Waals surface area contributed by atoms with Gasteiger partial charge in [0.1, 0.15) is 17.3 Å². The van der Waals surface area contributed by atoms with Gasteiger partial charge in [0.25, 0.3) is 0 Å². The van der Waals surface area contributed by atoms with Gasteiger partial charge in [-0.25, -0.2) is 4.98 Å². The minimum absolute atomic E-state index is 0.280. The number of benzene rings is 1. The number of rotatable bonds is 6. The molecule has 6 nitrogen and oxygen atoms in total. The Balaban J connectivity index is 2.36. The van der Waals surface area contributed by atoms with Crippen LogP contribution in [-0.4, -0.2) is 30.2 Å². The van der Waals surface area contributed by atoms with Crippen LogP contribution in [0.25, 0.3) is 0 Å². The summed E-state index contributed by atoms with van der Waals surface area (Å²) in [7, 11) is 3.14. The average molecular weight is 337 g/mol. The van der Waals surface area contributed by atoms with Gasteiger partial charge in [0.05, 0.1) is 24.9 Å². The molecule has 2 rings (SSSR count). The van der Waals surface area contributed by atoms with E-state index in [1.165, 1.54) is 0 Å². The molecule has 0 amide bonds. The molecule has 2 aromatic rings. The summed E-state index contributed by atoms with van der Waals surface area (Å²) in [5.41, 5.74) is 1.53. The van der Waals surface area contributed by atoms with Crippen molar-refractivity contribution in [3.8, 4) is 11.5 Å². The monoisotopic (exact) mass is 336 g/mol. The van der Waals surface area contributed by atoms with E-state index in [1.54, 1.807) is 26.4 Å². The second-order valence-corrected chi connectivity index (χ2v) is 5.74. The third kappa shape index (κ3) is 4.39. The first-order valence-electron chi connectivity index (χ1n) is 7.23. The molecule has 0 saturated heterocycles. The molecule has 0 saturated carbocycles. The Kier molecular flexibility index (Phi) is 5.50. The number of aromatic nitrogens is 2. The van der Waals surface area contributed by atoms with Crippen molar-refractivity contribution in [2.45, 2.75) is 26.8 Å². The van der Waals surface area contributed by atoms with Crippen molar-refractivity contribution < 1.29 is 9.47 Å². The summed E-state index contributed by atoms with van der Waals surface area (Å²) >= 11 is 6.12. The van der Waals surface area contributed by atoms with E-state index in [9.17, 15) is 0 Å². The maximum absolute atomic E-state index is 6.12. The van der Waals surface area contributed by atoms with Gasteiger partial charge in [0, 0.05) is 29.9 Å². The van der Waals surface area contributed by atoms with E-state index in [1.807, 2.05) is 13.0 Å². The summed E-state index contributed by atoms with van der Waals surface area (Å²) in [5.74, 6) is 2.35. The Morgan fingerprint density at radius 3 is 2.35 bits per heavy atom. The highest BCUT2D eigenvalue weighted by Crippen LogP contribution is 2.36. The van der Waals surface area contributed by atoms with Gasteiger partial charge in [0.2, 0.25) is 5.95 Å². The van der Waals surface area contributed by atoms with E-state index < -0.39 is 0 Å². The molecule has 0 aliphatic heterocycles. The lowest BCUT2D eigenvalue weighted by atomic mass is 10.2. The zero-order chi connectivity index (χ0) is 17.0. The van der Waals surface area contributed by atoms with Gasteiger partial charge in [-0.1, -0.05) is 11.6 Å².